The standard InChI is InChI=1S/C24H25BrN4O4/c1-14(2)33-23(30)21-15(3)28-24-26-13-27-29(24)22(21)17-7-10-19(20(11-17)31-4)32-12-16-5-8-18(25)9-6-16/h5-11,13-14,22H,12H2,1-4H3,(H,26,27,28). The third-order valence-corrected chi connectivity index (χ3v) is 5.70. The van der Waals surface area contributed by atoms with Crippen LogP contribution in [0.1, 0.15) is 37.9 Å². The Balaban J connectivity index is 1.67. The molecule has 33 heavy (non-hydrogen) atoms. The number of carbonyl (C=O) groups is 1. The van der Waals surface area contributed by atoms with Gasteiger partial charge >= 0.3 is 5.97 Å². The third kappa shape index (κ3) is 4.88. The number of aromatic nitrogens is 3. The molecule has 9 heteroatoms. The molecule has 1 aliphatic heterocycles. The number of hydrogen-bond acceptors (Lipinski definition) is 7. The molecule has 0 bridgehead atoms. The van der Waals surface area contributed by atoms with Crippen molar-refractivity contribution in [1.82, 2.24) is 14.8 Å². The molecule has 172 valence electrons. The van der Waals surface area contributed by atoms with E-state index >= 15 is 0 Å². The zero-order chi connectivity index (χ0) is 23.5. The van der Waals surface area contributed by atoms with Crippen molar-refractivity contribution in [3.8, 4) is 11.5 Å². The van der Waals surface area contributed by atoms with Crippen molar-refractivity contribution in [2.75, 3.05) is 12.4 Å². The van der Waals surface area contributed by atoms with Crippen LogP contribution in [-0.4, -0.2) is 33.9 Å². The van der Waals surface area contributed by atoms with E-state index in [1.54, 1.807) is 11.8 Å². The van der Waals surface area contributed by atoms with Crippen LogP contribution in [0.4, 0.5) is 5.95 Å². The van der Waals surface area contributed by atoms with Gasteiger partial charge in [0, 0.05) is 10.2 Å². The second-order valence-electron chi connectivity index (χ2n) is 7.87. The molecule has 8 nitrogen and oxygen atoms in total. The highest BCUT2D eigenvalue weighted by Crippen LogP contribution is 2.39. The molecule has 0 amide bonds. The van der Waals surface area contributed by atoms with Crippen molar-refractivity contribution in [1.29, 1.82) is 0 Å². The summed E-state index contributed by atoms with van der Waals surface area (Å²) >= 11 is 3.44. The fourth-order valence-electron chi connectivity index (χ4n) is 3.66. The first kappa shape index (κ1) is 22.8. The SMILES string of the molecule is COc1cc(C2C(C(=O)OC(C)C)=C(C)Nc3ncnn32)ccc1OCc1ccc(Br)cc1. The minimum atomic E-state index is -0.524. The summed E-state index contributed by atoms with van der Waals surface area (Å²) in [5.41, 5.74) is 2.96. The number of nitrogens with one attached hydrogen (secondary N) is 1. The van der Waals surface area contributed by atoms with Gasteiger partial charge in [0.25, 0.3) is 0 Å². The molecule has 3 aromatic rings. The van der Waals surface area contributed by atoms with E-state index in [0.29, 0.717) is 35.3 Å². The number of nitrogens with zero attached hydrogens (tertiary/aromatic N) is 3. The number of allylic oxidation sites excluding steroid dienone is 1. The number of ether oxygens (including phenoxy) is 3. The van der Waals surface area contributed by atoms with Gasteiger partial charge < -0.3 is 19.5 Å². The number of rotatable bonds is 7. The normalized spacial score (nSPS) is 15.2. The molecule has 4 rings (SSSR count). The quantitative estimate of drug-likeness (QED) is 0.451. The van der Waals surface area contributed by atoms with Gasteiger partial charge in [-0.3, -0.25) is 0 Å². The van der Waals surface area contributed by atoms with Gasteiger partial charge in [-0.1, -0.05) is 34.1 Å². The Morgan fingerprint density at radius 3 is 2.64 bits per heavy atom. The Bertz CT molecular complexity index is 1190. The Morgan fingerprint density at radius 2 is 1.94 bits per heavy atom. The summed E-state index contributed by atoms with van der Waals surface area (Å²) in [5, 5.41) is 7.48. The van der Waals surface area contributed by atoms with Crippen molar-refractivity contribution >= 4 is 27.8 Å². The maximum atomic E-state index is 13.0. The molecule has 0 radical (unpaired) electrons. The first-order chi connectivity index (χ1) is 15.9. The predicted octanol–water partition coefficient (Wildman–Crippen LogP) is 4.87. The summed E-state index contributed by atoms with van der Waals surface area (Å²) in [6, 6.07) is 13.0. The monoisotopic (exact) mass is 512 g/mol. The van der Waals surface area contributed by atoms with Crippen LogP contribution < -0.4 is 14.8 Å². The van der Waals surface area contributed by atoms with Gasteiger partial charge in [-0.15, -0.1) is 0 Å². The summed E-state index contributed by atoms with van der Waals surface area (Å²) in [6.07, 6.45) is 1.20. The Hall–Kier alpha value is -3.33. The maximum absolute atomic E-state index is 13.0. The van der Waals surface area contributed by atoms with Crippen LogP contribution in [0.5, 0.6) is 11.5 Å². The Kier molecular flexibility index (Phi) is 6.69. The lowest BCUT2D eigenvalue weighted by atomic mass is 9.95. The molecule has 1 aliphatic rings. The van der Waals surface area contributed by atoms with E-state index < -0.39 is 12.0 Å². The van der Waals surface area contributed by atoms with Crippen LogP contribution in [0.3, 0.4) is 0 Å². The summed E-state index contributed by atoms with van der Waals surface area (Å²) in [4.78, 5) is 17.3. The minimum Gasteiger partial charge on any atom is -0.493 e. The van der Waals surface area contributed by atoms with Crippen molar-refractivity contribution in [2.24, 2.45) is 0 Å². The Labute approximate surface area is 200 Å². The zero-order valence-electron chi connectivity index (χ0n) is 18.8. The third-order valence-electron chi connectivity index (χ3n) is 5.17. The summed E-state index contributed by atoms with van der Waals surface area (Å²) in [5.74, 6) is 1.30. The van der Waals surface area contributed by atoms with E-state index in [9.17, 15) is 4.79 Å². The molecule has 2 heterocycles. The highest BCUT2D eigenvalue weighted by Gasteiger charge is 2.35. The van der Waals surface area contributed by atoms with Gasteiger partial charge in [-0.25, -0.2) is 9.48 Å². The summed E-state index contributed by atoms with van der Waals surface area (Å²) in [7, 11) is 1.59. The van der Waals surface area contributed by atoms with E-state index in [2.05, 4.69) is 31.3 Å². The van der Waals surface area contributed by atoms with Crippen molar-refractivity contribution in [3.05, 3.63) is 75.7 Å². The fraction of sp³-hybridized carbons (Fsp3) is 0.292. The lowest BCUT2D eigenvalue weighted by Gasteiger charge is -2.29. The average Bonchev–Trinajstić information content (AvgIpc) is 3.25. The number of anilines is 1. The molecule has 0 saturated carbocycles. The Morgan fingerprint density at radius 1 is 1.18 bits per heavy atom. The average molecular weight is 513 g/mol. The first-order valence-electron chi connectivity index (χ1n) is 10.5. The van der Waals surface area contributed by atoms with E-state index in [-0.39, 0.29) is 6.10 Å². The predicted molar refractivity (Wildman–Crippen MR) is 127 cm³/mol. The zero-order valence-corrected chi connectivity index (χ0v) is 20.4. The van der Waals surface area contributed by atoms with Crippen LogP contribution in [-0.2, 0) is 16.1 Å². The lowest BCUT2D eigenvalue weighted by Crippen LogP contribution is -2.30. The molecule has 1 N–H and O–H groups in total. The molecule has 0 fully saturated rings. The topological polar surface area (TPSA) is 87.5 Å². The number of methoxy groups -OCH3 is 1. The highest BCUT2D eigenvalue weighted by atomic mass is 79.9. The van der Waals surface area contributed by atoms with Crippen molar-refractivity contribution < 1.29 is 19.0 Å². The van der Waals surface area contributed by atoms with Crippen LogP contribution in [0.2, 0.25) is 0 Å². The summed E-state index contributed by atoms with van der Waals surface area (Å²) in [6.45, 7) is 5.87. The van der Waals surface area contributed by atoms with E-state index in [1.807, 2.05) is 63.2 Å². The highest BCUT2D eigenvalue weighted by molar-refractivity contribution is 9.10. The second-order valence-corrected chi connectivity index (χ2v) is 8.79. The number of halogens is 1. The molecule has 0 spiro atoms. The largest absolute Gasteiger partial charge is 0.493 e. The number of fused-ring (bicyclic) bond motifs is 1. The molecule has 1 aromatic heterocycles. The van der Waals surface area contributed by atoms with Crippen LogP contribution in [0.15, 0.2) is 64.5 Å². The number of esters is 1. The van der Waals surface area contributed by atoms with Crippen LogP contribution >= 0.6 is 15.9 Å². The van der Waals surface area contributed by atoms with Gasteiger partial charge in [0.2, 0.25) is 5.95 Å². The van der Waals surface area contributed by atoms with E-state index in [4.69, 9.17) is 14.2 Å². The van der Waals surface area contributed by atoms with E-state index in [1.165, 1.54) is 6.33 Å². The fourth-order valence-corrected chi connectivity index (χ4v) is 3.92. The number of benzene rings is 2. The van der Waals surface area contributed by atoms with Gasteiger partial charge in [0.1, 0.15) is 19.0 Å². The first-order valence-corrected chi connectivity index (χ1v) is 11.3. The van der Waals surface area contributed by atoms with Gasteiger partial charge in [0.15, 0.2) is 11.5 Å². The van der Waals surface area contributed by atoms with Crippen molar-refractivity contribution in [3.63, 3.8) is 0 Å². The molecule has 0 aliphatic carbocycles. The molecular weight excluding hydrogens is 488 g/mol. The maximum Gasteiger partial charge on any atom is 0.338 e. The minimum absolute atomic E-state index is 0.250. The lowest BCUT2D eigenvalue weighted by molar-refractivity contribution is -0.143. The number of hydrogen-bond donors (Lipinski definition) is 1. The smallest absolute Gasteiger partial charge is 0.338 e. The van der Waals surface area contributed by atoms with Gasteiger partial charge in [-0.05, 0) is 56.2 Å². The van der Waals surface area contributed by atoms with Gasteiger partial charge in [-0.2, -0.15) is 10.1 Å². The molecule has 1 unspecified atom stereocenters. The molecule has 0 saturated heterocycles. The second kappa shape index (κ2) is 9.66. The van der Waals surface area contributed by atoms with Crippen LogP contribution in [0.25, 0.3) is 0 Å². The van der Waals surface area contributed by atoms with Crippen LogP contribution in [0, 0.1) is 0 Å². The van der Waals surface area contributed by atoms with E-state index in [0.717, 1.165) is 15.6 Å². The van der Waals surface area contributed by atoms with Gasteiger partial charge in [0.05, 0.1) is 18.8 Å². The van der Waals surface area contributed by atoms with Crippen molar-refractivity contribution in [2.45, 2.75) is 39.5 Å². The number of carbonyl (C=O) groups excluding carboxylic acids is 1. The summed E-state index contributed by atoms with van der Waals surface area (Å²) < 4.78 is 19.8. The molecule has 2 aromatic carbocycles. The molecular formula is C24H25BrN4O4. The molecule has 1 atom stereocenters.